The van der Waals surface area contributed by atoms with Gasteiger partial charge in [-0.05, 0) is 12.8 Å². The van der Waals surface area contributed by atoms with Crippen molar-refractivity contribution in [2.24, 2.45) is 12.5 Å². The molecule has 1 aromatic rings. The molecule has 5 nitrogen and oxygen atoms in total. The summed E-state index contributed by atoms with van der Waals surface area (Å²) in [6.45, 7) is 0. The molecule has 0 radical (unpaired) electrons. The third kappa shape index (κ3) is 1.35. The van der Waals surface area contributed by atoms with Crippen molar-refractivity contribution in [2.45, 2.75) is 12.8 Å². The number of carbonyl (C=O) groups excluding carboxylic acids is 1. The number of rotatable bonds is 2. The van der Waals surface area contributed by atoms with Gasteiger partial charge in [0.15, 0.2) is 0 Å². The number of hydrogen-bond donors (Lipinski definition) is 1. The van der Waals surface area contributed by atoms with Crippen LogP contribution in [0.1, 0.15) is 12.8 Å². The molecule has 1 saturated carbocycles. The van der Waals surface area contributed by atoms with Crippen molar-refractivity contribution in [2.75, 3.05) is 5.32 Å². The van der Waals surface area contributed by atoms with E-state index >= 15 is 0 Å². The topological polar surface area (TPSA) is 70.7 Å². The average molecular weight is 190 g/mol. The number of anilines is 1. The Morgan fingerprint density at radius 3 is 2.93 bits per heavy atom. The van der Waals surface area contributed by atoms with Gasteiger partial charge in [0.1, 0.15) is 5.41 Å². The number of aryl methyl sites for hydroxylation is 1. The summed E-state index contributed by atoms with van der Waals surface area (Å²) in [4.78, 5) is 11.6. The van der Waals surface area contributed by atoms with E-state index in [1.807, 2.05) is 6.07 Å². The predicted octanol–water partition coefficient (Wildman–Crippen LogP) is 0.662. The largest absolute Gasteiger partial charge is 0.322 e. The van der Waals surface area contributed by atoms with Gasteiger partial charge in [-0.3, -0.25) is 9.48 Å². The van der Waals surface area contributed by atoms with E-state index in [1.165, 1.54) is 0 Å². The predicted molar refractivity (Wildman–Crippen MR) is 49.1 cm³/mol. The Bertz CT molecular complexity index is 411. The van der Waals surface area contributed by atoms with Crippen molar-refractivity contribution >= 4 is 11.6 Å². The Kier molecular flexibility index (Phi) is 1.78. The van der Waals surface area contributed by atoms with Gasteiger partial charge in [-0.1, -0.05) is 0 Å². The number of nitriles is 1. The lowest BCUT2D eigenvalue weighted by Gasteiger charge is -2.04. The maximum atomic E-state index is 11.6. The molecule has 72 valence electrons. The molecule has 1 fully saturated rings. The number of nitrogens with one attached hydrogen (secondary N) is 1. The van der Waals surface area contributed by atoms with Gasteiger partial charge in [-0.25, -0.2) is 0 Å². The lowest BCUT2D eigenvalue weighted by Crippen LogP contribution is -2.22. The van der Waals surface area contributed by atoms with Gasteiger partial charge in [-0.15, -0.1) is 0 Å². The van der Waals surface area contributed by atoms with Crippen molar-refractivity contribution in [3.63, 3.8) is 0 Å². The van der Waals surface area contributed by atoms with E-state index in [9.17, 15) is 4.79 Å². The Morgan fingerprint density at radius 2 is 2.50 bits per heavy atom. The monoisotopic (exact) mass is 190 g/mol. The molecule has 0 atom stereocenters. The molecule has 1 amide bonds. The fourth-order valence-electron chi connectivity index (χ4n) is 1.25. The Balaban J connectivity index is 2.06. The number of aromatic nitrogens is 2. The van der Waals surface area contributed by atoms with Gasteiger partial charge < -0.3 is 5.32 Å². The molecule has 2 rings (SSSR count). The Labute approximate surface area is 81.3 Å². The standard InChI is InChI=1S/C9H10N4O/c1-13-5-7(4-11-13)12-8(14)9(6-10)2-3-9/h4-5H,2-3H2,1H3,(H,12,14). The summed E-state index contributed by atoms with van der Waals surface area (Å²) >= 11 is 0. The van der Waals surface area contributed by atoms with Gasteiger partial charge in [0, 0.05) is 13.2 Å². The van der Waals surface area contributed by atoms with Gasteiger partial charge in [0.2, 0.25) is 5.91 Å². The molecule has 0 saturated heterocycles. The molecule has 14 heavy (non-hydrogen) atoms. The van der Waals surface area contributed by atoms with Gasteiger partial charge >= 0.3 is 0 Å². The highest BCUT2D eigenvalue weighted by Gasteiger charge is 2.50. The molecule has 0 unspecified atom stereocenters. The van der Waals surface area contributed by atoms with Crippen LogP contribution < -0.4 is 5.32 Å². The molecular formula is C9H10N4O. The second-order valence-electron chi connectivity index (χ2n) is 3.55. The molecule has 0 aliphatic heterocycles. The van der Waals surface area contributed by atoms with Crippen molar-refractivity contribution < 1.29 is 4.79 Å². The maximum absolute atomic E-state index is 11.6. The quantitative estimate of drug-likeness (QED) is 0.744. The summed E-state index contributed by atoms with van der Waals surface area (Å²) in [7, 11) is 1.77. The van der Waals surface area contributed by atoms with E-state index in [2.05, 4.69) is 10.4 Å². The lowest BCUT2D eigenvalue weighted by atomic mass is 10.1. The molecule has 1 aliphatic carbocycles. The Hall–Kier alpha value is -1.83. The van der Waals surface area contributed by atoms with Crippen molar-refractivity contribution in [3.8, 4) is 6.07 Å². The van der Waals surface area contributed by atoms with E-state index in [-0.39, 0.29) is 5.91 Å². The average Bonchev–Trinajstić information content (AvgIpc) is 2.87. The lowest BCUT2D eigenvalue weighted by molar-refractivity contribution is -0.119. The van der Waals surface area contributed by atoms with Crippen LogP contribution in [0.4, 0.5) is 5.69 Å². The van der Waals surface area contributed by atoms with Crippen LogP contribution in [0.25, 0.3) is 0 Å². The van der Waals surface area contributed by atoms with E-state index in [0.717, 1.165) is 0 Å². The summed E-state index contributed by atoms with van der Waals surface area (Å²) in [5, 5.41) is 15.4. The van der Waals surface area contributed by atoms with Gasteiger partial charge in [-0.2, -0.15) is 10.4 Å². The summed E-state index contributed by atoms with van der Waals surface area (Å²) in [5.74, 6) is -0.215. The van der Waals surface area contributed by atoms with Crippen molar-refractivity contribution in [3.05, 3.63) is 12.4 Å². The minimum atomic E-state index is -0.768. The second kappa shape index (κ2) is 2.84. The SMILES string of the molecule is Cn1cc(NC(=O)C2(C#N)CC2)cn1. The molecule has 1 heterocycles. The molecule has 1 N–H and O–H groups in total. The first-order valence-corrected chi connectivity index (χ1v) is 4.38. The van der Waals surface area contributed by atoms with E-state index in [0.29, 0.717) is 18.5 Å². The summed E-state index contributed by atoms with van der Waals surface area (Å²) in [6.07, 6.45) is 4.59. The summed E-state index contributed by atoms with van der Waals surface area (Å²) in [6, 6.07) is 2.04. The second-order valence-corrected chi connectivity index (χ2v) is 3.55. The van der Waals surface area contributed by atoms with Crippen LogP contribution in [-0.2, 0) is 11.8 Å². The van der Waals surface area contributed by atoms with Crippen LogP contribution in [0.15, 0.2) is 12.4 Å². The fraction of sp³-hybridized carbons (Fsp3) is 0.444. The molecule has 0 aromatic carbocycles. The van der Waals surface area contributed by atoms with Crippen LogP contribution in [0.2, 0.25) is 0 Å². The highest BCUT2D eigenvalue weighted by Crippen LogP contribution is 2.45. The van der Waals surface area contributed by atoms with Crippen LogP contribution in [-0.4, -0.2) is 15.7 Å². The third-order valence-corrected chi connectivity index (χ3v) is 2.36. The van der Waals surface area contributed by atoms with Crippen LogP contribution in [0.5, 0.6) is 0 Å². The van der Waals surface area contributed by atoms with Gasteiger partial charge in [0.05, 0.1) is 18.0 Å². The zero-order valence-corrected chi connectivity index (χ0v) is 7.82. The third-order valence-electron chi connectivity index (χ3n) is 2.36. The molecule has 5 heteroatoms. The minimum Gasteiger partial charge on any atom is -0.322 e. The molecule has 1 aliphatic rings. The molecule has 0 spiro atoms. The zero-order valence-electron chi connectivity index (χ0n) is 7.82. The zero-order chi connectivity index (χ0) is 10.2. The smallest absolute Gasteiger partial charge is 0.244 e. The highest BCUT2D eigenvalue weighted by molar-refractivity contribution is 5.98. The van der Waals surface area contributed by atoms with Crippen LogP contribution in [0.3, 0.4) is 0 Å². The Morgan fingerprint density at radius 1 is 1.79 bits per heavy atom. The normalized spacial score (nSPS) is 17.1. The molecule has 1 aromatic heterocycles. The first-order chi connectivity index (χ1) is 6.66. The van der Waals surface area contributed by atoms with Crippen LogP contribution >= 0.6 is 0 Å². The van der Waals surface area contributed by atoms with E-state index in [1.54, 1.807) is 24.1 Å². The molecule has 0 bridgehead atoms. The summed E-state index contributed by atoms with van der Waals surface area (Å²) in [5.41, 5.74) is -0.130. The maximum Gasteiger partial charge on any atom is 0.244 e. The minimum absolute atomic E-state index is 0.215. The van der Waals surface area contributed by atoms with Gasteiger partial charge in [0.25, 0.3) is 0 Å². The van der Waals surface area contributed by atoms with Crippen molar-refractivity contribution in [1.82, 2.24) is 9.78 Å². The van der Waals surface area contributed by atoms with E-state index in [4.69, 9.17) is 5.26 Å². The number of carbonyl (C=O) groups is 1. The van der Waals surface area contributed by atoms with Crippen molar-refractivity contribution in [1.29, 1.82) is 5.26 Å². The van der Waals surface area contributed by atoms with Crippen LogP contribution in [0, 0.1) is 16.7 Å². The molecular weight excluding hydrogens is 180 g/mol. The first-order valence-electron chi connectivity index (χ1n) is 4.38. The highest BCUT2D eigenvalue weighted by atomic mass is 16.2. The first kappa shape index (κ1) is 8.75. The number of amides is 1. The number of nitrogens with zero attached hydrogens (tertiary/aromatic N) is 3. The number of hydrogen-bond acceptors (Lipinski definition) is 3. The fourth-order valence-corrected chi connectivity index (χ4v) is 1.25. The van der Waals surface area contributed by atoms with E-state index < -0.39 is 5.41 Å². The summed E-state index contributed by atoms with van der Waals surface area (Å²) < 4.78 is 1.60.